The van der Waals surface area contributed by atoms with Crippen LogP contribution in [0.5, 0.6) is 11.5 Å². The lowest BCUT2D eigenvalue weighted by atomic mass is 9.82. The summed E-state index contributed by atoms with van der Waals surface area (Å²) < 4.78 is 11.6. The Labute approximate surface area is 167 Å². The van der Waals surface area contributed by atoms with Crippen LogP contribution in [0.25, 0.3) is 0 Å². The molecule has 0 heterocycles. The molecule has 2 aromatic carbocycles. The van der Waals surface area contributed by atoms with Crippen LogP contribution in [0.15, 0.2) is 48.5 Å². The second kappa shape index (κ2) is 10.4. The molecule has 0 aliphatic heterocycles. The quantitative estimate of drug-likeness (QED) is 0.622. The van der Waals surface area contributed by atoms with E-state index in [-0.39, 0.29) is 17.7 Å². The Morgan fingerprint density at radius 1 is 1.07 bits per heavy atom. The highest BCUT2D eigenvalue weighted by Gasteiger charge is 2.17. The number of carbonyl (C=O) groups excluding carboxylic acids is 1. The van der Waals surface area contributed by atoms with E-state index >= 15 is 0 Å². The molecule has 2 aromatic rings. The summed E-state index contributed by atoms with van der Waals surface area (Å²) in [6, 6.07) is 17.5. The Balaban J connectivity index is 1.82. The summed E-state index contributed by atoms with van der Waals surface area (Å²) in [5, 5.41) is 11.2. The van der Waals surface area contributed by atoms with Crippen LogP contribution < -0.4 is 14.8 Å². The van der Waals surface area contributed by atoms with E-state index < -0.39 is 0 Å². The predicted octanol–water partition coefficient (Wildman–Crippen LogP) is 4.36. The number of ether oxygens (including phenoxy) is 2. The van der Waals surface area contributed by atoms with Crippen molar-refractivity contribution >= 4 is 5.91 Å². The lowest BCUT2D eigenvalue weighted by molar-refractivity contribution is -0.120. The SMILES string of the molecule is CCC(C)(C)c1ccc(OCCOc2ccccc2CNC(=O)CC#N)cc1. The third kappa shape index (κ3) is 6.31. The van der Waals surface area contributed by atoms with E-state index in [2.05, 4.69) is 38.2 Å². The van der Waals surface area contributed by atoms with E-state index in [9.17, 15) is 4.79 Å². The summed E-state index contributed by atoms with van der Waals surface area (Å²) in [4.78, 5) is 11.5. The Hall–Kier alpha value is -3.00. The number of para-hydroxylation sites is 1. The van der Waals surface area contributed by atoms with Crippen LogP contribution in [-0.4, -0.2) is 19.1 Å². The van der Waals surface area contributed by atoms with E-state index in [0.717, 1.165) is 17.7 Å². The van der Waals surface area contributed by atoms with Crippen LogP contribution in [-0.2, 0) is 16.8 Å². The maximum absolute atomic E-state index is 11.5. The molecule has 28 heavy (non-hydrogen) atoms. The van der Waals surface area contributed by atoms with Crippen LogP contribution in [0.4, 0.5) is 0 Å². The topological polar surface area (TPSA) is 71.3 Å². The van der Waals surface area contributed by atoms with Crippen molar-refractivity contribution in [3.8, 4) is 17.6 Å². The van der Waals surface area contributed by atoms with Gasteiger partial charge in [-0.2, -0.15) is 5.26 Å². The lowest BCUT2D eigenvalue weighted by Crippen LogP contribution is -2.22. The van der Waals surface area contributed by atoms with E-state index in [1.807, 2.05) is 42.5 Å². The fraction of sp³-hybridized carbons (Fsp3) is 0.391. The van der Waals surface area contributed by atoms with Crippen molar-refractivity contribution in [2.24, 2.45) is 0 Å². The Kier molecular flexibility index (Phi) is 7.88. The second-order valence-corrected chi connectivity index (χ2v) is 7.18. The van der Waals surface area contributed by atoms with Crippen LogP contribution in [0.2, 0.25) is 0 Å². The highest BCUT2D eigenvalue weighted by molar-refractivity contribution is 5.78. The largest absolute Gasteiger partial charge is 0.490 e. The summed E-state index contributed by atoms with van der Waals surface area (Å²) in [7, 11) is 0. The van der Waals surface area contributed by atoms with Crippen LogP contribution in [0.3, 0.4) is 0 Å². The Morgan fingerprint density at radius 2 is 1.75 bits per heavy atom. The Morgan fingerprint density at radius 3 is 2.43 bits per heavy atom. The van der Waals surface area contributed by atoms with E-state index in [1.54, 1.807) is 0 Å². The lowest BCUT2D eigenvalue weighted by Gasteiger charge is -2.23. The van der Waals surface area contributed by atoms with Crippen molar-refractivity contribution in [3.05, 3.63) is 59.7 Å². The highest BCUT2D eigenvalue weighted by atomic mass is 16.5. The van der Waals surface area contributed by atoms with E-state index in [4.69, 9.17) is 14.7 Å². The minimum Gasteiger partial charge on any atom is -0.490 e. The normalized spacial score (nSPS) is 10.8. The molecular weight excluding hydrogens is 352 g/mol. The van der Waals surface area contributed by atoms with Gasteiger partial charge < -0.3 is 14.8 Å². The smallest absolute Gasteiger partial charge is 0.234 e. The molecule has 0 aliphatic carbocycles. The number of benzene rings is 2. The number of nitrogens with zero attached hydrogens (tertiary/aromatic N) is 1. The van der Waals surface area contributed by atoms with Gasteiger partial charge in [-0.25, -0.2) is 0 Å². The number of nitriles is 1. The molecule has 148 valence electrons. The number of hydrogen-bond donors (Lipinski definition) is 1. The van der Waals surface area contributed by atoms with Gasteiger partial charge in [0.15, 0.2) is 0 Å². The molecular formula is C23H28N2O3. The average molecular weight is 380 g/mol. The first-order valence-corrected chi connectivity index (χ1v) is 9.54. The van der Waals surface area contributed by atoms with Gasteiger partial charge in [-0.1, -0.05) is 51.1 Å². The molecule has 0 saturated heterocycles. The monoisotopic (exact) mass is 380 g/mol. The maximum Gasteiger partial charge on any atom is 0.234 e. The van der Waals surface area contributed by atoms with Gasteiger partial charge in [0.1, 0.15) is 31.1 Å². The molecule has 0 spiro atoms. The van der Waals surface area contributed by atoms with Gasteiger partial charge in [0, 0.05) is 12.1 Å². The zero-order chi connectivity index (χ0) is 20.4. The molecule has 0 saturated carbocycles. The first-order valence-electron chi connectivity index (χ1n) is 9.54. The van der Waals surface area contributed by atoms with Crippen molar-refractivity contribution in [2.45, 2.75) is 45.6 Å². The molecule has 0 aliphatic rings. The third-order valence-electron chi connectivity index (χ3n) is 4.82. The standard InChI is InChI=1S/C23H28N2O3/c1-4-23(2,3)19-9-11-20(12-10-19)27-15-16-28-21-8-6-5-7-18(21)17-25-22(26)13-14-24/h5-12H,4,13,15-17H2,1-3H3,(H,25,26). The second-order valence-electron chi connectivity index (χ2n) is 7.18. The molecule has 1 N–H and O–H groups in total. The van der Waals surface area contributed by atoms with Gasteiger partial charge in [-0.15, -0.1) is 0 Å². The maximum atomic E-state index is 11.5. The summed E-state index contributed by atoms with van der Waals surface area (Å²) in [6.45, 7) is 7.80. The molecule has 5 heteroatoms. The zero-order valence-corrected chi connectivity index (χ0v) is 16.8. The third-order valence-corrected chi connectivity index (χ3v) is 4.82. The van der Waals surface area contributed by atoms with Gasteiger partial charge in [-0.3, -0.25) is 4.79 Å². The fourth-order valence-corrected chi connectivity index (χ4v) is 2.64. The first kappa shape index (κ1) is 21.3. The van der Waals surface area contributed by atoms with Crippen molar-refractivity contribution in [3.63, 3.8) is 0 Å². The fourth-order valence-electron chi connectivity index (χ4n) is 2.64. The summed E-state index contributed by atoms with van der Waals surface area (Å²) >= 11 is 0. The van der Waals surface area contributed by atoms with Crippen LogP contribution in [0.1, 0.15) is 44.7 Å². The zero-order valence-electron chi connectivity index (χ0n) is 16.8. The number of rotatable bonds is 10. The van der Waals surface area contributed by atoms with Crippen molar-refractivity contribution < 1.29 is 14.3 Å². The molecule has 0 radical (unpaired) electrons. The number of carbonyl (C=O) groups is 1. The molecule has 0 aromatic heterocycles. The molecule has 0 unspecified atom stereocenters. The summed E-state index contributed by atoms with van der Waals surface area (Å²) in [5.41, 5.74) is 2.32. The number of nitrogens with one attached hydrogen (secondary N) is 1. The van der Waals surface area contributed by atoms with E-state index in [1.165, 1.54) is 5.56 Å². The van der Waals surface area contributed by atoms with Gasteiger partial charge in [-0.05, 0) is 35.6 Å². The number of amides is 1. The van der Waals surface area contributed by atoms with Crippen LogP contribution in [0, 0.1) is 11.3 Å². The molecule has 0 atom stereocenters. The van der Waals surface area contributed by atoms with Gasteiger partial charge >= 0.3 is 0 Å². The van der Waals surface area contributed by atoms with Crippen molar-refractivity contribution in [2.75, 3.05) is 13.2 Å². The van der Waals surface area contributed by atoms with Gasteiger partial charge in [0.2, 0.25) is 5.91 Å². The summed E-state index contributed by atoms with van der Waals surface area (Å²) in [6.07, 6.45) is 0.933. The first-order chi connectivity index (χ1) is 13.5. The van der Waals surface area contributed by atoms with E-state index in [0.29, 0.717) is 25.5 Å². The molecule has 0 bridgehead atoms. The molecule has 2 rings (SSSR count). The minimum absolute atomic E-state index is 0.148. The minimum atomic E-state index is -0.296. The van der Waals surface area contributed by atoms with Gasteiger partial charge in [0.25, 0.3) is 0 Å². The molecule has 0 fully saturated rings. The molecule has 1 amide bonds. The average Bonchev–Trinajstić information content (AvgIpc) is 2.71. The molecule has 5 nitrogen and oxygen atoms in total. The van der Waals surface area contributed by atoms with Crippen molar-refractivity contribution in [1.29, 1.82) is 5.26 Å². The number of hydrogen-bond acceptors (Lipinski definition) is 4. The van der Waals surface area contributed by atoms with Crippen molar-refractivity contribution in [1.82, 2.24) is 5.32 Å². The Bertz CT molecular complexity index is 807. The predicted molar refractivity (Wildman–Crippen MR) is 109 cm³/mol. The highest BCUT2D eigenvalue weighted by Crippen LogP contribution is 2.28. The van der Waals surface area contributed by atoms with Crippen LogP contribution >= 0.6 is 0 Å². The summed E-state index contributed by atoms with van der Waals surface area (Å²) in [5.74, 6) is 1.22. The van der Waals surface area contributed by atoms with Gasteiger partial charge in [0.05, 0.1) is 6.07 Å².